The fraction of sp³-hybridized carbons (Fsp3) is 1.00. The molecular formula is C8H15NOS. The van der Waals surface area contributed by atoms with E-state index < -0.39 is 0 Å². The van der Waals surface area contributed by atoms with Crippen LogP contribution in [0.15, 0.2) is 0 Å². The van der Waals surface area contributed by atoms with Crippen LogP contribution in [0, 0.1) is 0 Å². The van der Waals surface area contributed by atoms with Crippen LogP contribution in [0.1, 0.15) is 12.8 Å². The molecule has 2 rings (SSSR count). The number of ether oxygens (including phenoxy) is 1. The molecule has 64 valence electrons. The van der Waals surface area contributed by atoms with E-state index >= 15 is 0 Å². The largest absolute Gasteiger partial charge is 0.373 e. The molecule has 0 aromatic heterocycles. The summed E-state index contributed by atoms with van der Waals surface area (Å²) in [6.07, 6.45) is 2.47. The molecule has 3 heteroatoms. The van der Waals surface area contributed by atoms with Crippen molar-refractivity contribution < 1.29 is 4.74 Å². The van der Waals surface area contributed by atoms with Gasteiger partial charge in [-0.25, -0.2) is 0 Å². The standard InChI is InChI=1S/C8H15NOS/c1-3-9-4-5-10-8(1)2-6-11-7-8/h9H,1-7H2. The lowest BCUT2D eigenvalue weighted by Crippen LogP contribution is -2.32. The van der Waals surface area contributed by atoms with Gasteiger partial charge in [0.25, 0.3) is 0 Å². The lowest BCUT2D eigenvalue weighted by Gasteiger charge is -2.25. The van der Waals surface area contributed by atoms with Crippen LogP contribution in [0.3, 0.4) is 0 Å². The maximum absolute atomic E-state index is 5.87. The summed E-state index contributed by atoms with van der Waals surface area (Å²) >= 11 is 2.04. The first-order valence-electron chi connectivity index (χ1n) is 4.34. The zero-order chi connectivity index (χ0) is 7.57. The number of hydrogen-bond donors (Lipinski definition) is 1. The predicted octanol–water partition coefficient (Wildman–Crippen LogP) is 0.872. The van der Waals surface area contributed by atoms with Gasteiger partial charge in [-0.2, -0.15) is 11.8 Å². The summed E-state index contributed by atoms with van der Waals surface area (Å²) in [6, 6.07) is 0. The molecule has 2 saturated heterocycles. The van der Waals surface area contributed by atoms with Crippen molar-refractivity contribution in [1.82, 2.24) is 5.32 Å². The molecule has 0 radical (unpaired) electrons. The molecule has 1 unspecified atom stereocenters. The number of rotatable bonds is 0. The Morgan fingerprint density at radius 3 is 3.09 bits per heavy atom. The zero-order valence-electron chi connectivity index (χ0n) is 6.77. The minimum absolute atomic E-state index is 0.258. The van der Waals surface area contributed by atoms with Crippen molar-refractivity contribution in [3.05, 3.63) is 0 Å². The summed E-state index contributed by atoms with van der Waals surface area (Å²) in [4.78, 5) is 0. The maximum atomic E-state index is 5.87. The summed E-state index contributed by atoms with van der Waals surface area (Å²) in [5, 5.41) is 3.36. The monoisotopic (exact) mass is 173 g/mol. The molecule has 0 aromatic rings. The van der Waals surface area contributed by atoms with E-state index in [0.29, 0.717) is 0 Å². The van der Waals surface area contributed by atoms with E-state index in [1.54, 1.807) is 0 Å². The van der Waals surface area contributed by atoms with Gasteiger partial charge in [-0.05, 0) is 25.1 Å². The molecule has 2 nitrogen and oxygen atoms in total. The highest BCUT2D eigenvalue weighted by Gasteiger charge is 2.35. The molecule has 2 aliphatic heterocycles. The van der Waals surface area contributed by atoms with Gasteiger partial charge in [0.1, 0.15) is 0 Å². The van der Waals surface area contributed by atoms with Crippen LogP contribution < -0.4 is 5.32 Å². The third-order valence-electron chi connectivity index (χ3n) is 2.51. The second-order valence-corrected chi connectivity index (χ2v) is 4.44. The maximum Gasteiger partial charge on any atom is 0.0793 e. The van der Waals surface area contributed by atoms with E-state index in [-0.39, 0.29) is 5.60 Å². The third kappa shape index (κ3) is 1.71. The highest BCUT2D eigenvalue weighted by molar-refractivity contribution is 7.99. The van der Waals surface area contributed by atoms with Crippen LogP contribution in [0.4, 0.5) is 0 Å². The molecule has 1 N–H and O–H groups in total. The van der Waals surface area contributed by atoms with Crippen molar-refractivity contribution in [1.29, 1.82) is 0 Å². The Morgan fingerprint density at radius 1 is 1.27 bits per heavy atom. The first-order valence-corrected chi connectivity index (χ1v) is 5.49. The first-order chi connectivity index (χ1) is 5.41. The van der Waals surface area contributed by atoms with Crippen molar-refractivity contribution >= 4 is 11.8 Å². The fourth-order valence-electron chi connectivity index (χ4n) is 1.75. The smallest absolute Gasteiger partial charge is 0.0793 e. The zero-order valence-corrected chi connectivity index (χ0v) is 7.58. The van der Waals surface area contributed by atoms with Crippen LogP contribution in [0.5, 0.6) is 0 Å². The van der Waals surface area contributed by atoms with E-state index in [1.807, 2.05) is 11.8 Å². The topological polar surface area (TPSA) is 21.3 Å². The Balaban J connectivity index is 1.97. The van der Waals surface area contributed by atoms with Crippen LogP contribution in [-0.4, -0.2) is 36.8 Å². The van der Waals surface area contributed by atoms with E-state index in [4.69, 9.17) is 4.74 Å². The van der Waals surface area contributed by atoms with Gasteiger partial charge in [0.2, 0.25) is 0 Å². The van der Waals surface area contributed by atoms with Gasteiger partial charge in [-0.15, -0.1) is 0 Å². The van der Waals surface area contributed by atoms with Crippen molar-refractivity contribution in [2.24, 2.45) is 0 Å². The fourth-order valence-corrected chi connectivity index (χ4v) is 3.16. The Kier molecular flexibility index (Phi) is 2.39. The van der Waals surface area contributed by atoms with Gasteiger partial charge in [0.15, 0.2) is 0 Å². The summed E-state index contributed by atoms with van der Waals surface area (Å²) in [5.41, 5.74) is 0.258. The highest BCUT2D eigenvalue weighted by Crippen LogP contribution is 2.34. The average Bonchev–Trinajstić information content (AvgIpc) is 2.32. The lowest BCUT2D eigenvalue weighted by molar-refractivity contribution is -0.0165. The molecule has 1 spiro atoms. The Labute approximate surface area is 72.1 Å². The molecule has 0 aromatic carbocycles. The Morgan fingerprint density at radius 2 is 2.27 bits per heavy atom. The van der Waals surface area contributed by atoms with E-state index in [9.17, 15) is 0 Å². The molecule has 0 saturated carbocycles. The summed E-state index contributed by atoms with van der Waals surface area (Å²) in [7, 11) is 0. The highest BCUT2D eigenvalue weighted by atomic mass is 32.2. The Bertz CT molecular complexity index is 124. The Hall–Kier alpha value is 0.270. The van der Waals surface area contributed by atoms with Gasteiger partial charge in [0.05, 0.1) is 12.2 Å². The molecule has 0 amide bonds. The normalized spacial score (nSPS) is 39.3. The van der Waals surface area contributed by atoms with E-state index in [1.165, 1.54) is 24.3 Å². The lowest BCUT2D eigenvalue weighted by atomic mass is 9.99. The van der Waals surface area contributed by atoms with Gasteiger partial charge in [-0.1, -0.05) is 0 Å². The minimum atomic E-state index is 0.258. The first kappa shape index (κ1) is 7.90. The second-order valence-electron chi connectivity index (χ2n) is 3.33. The summed E-state index contributed by atoms with van der Waals surface area (Å²) in [5.74, 6) is 2.51. The number of nitrogens with one attached hydrogen (secondary N) is 1. The van der Waals surface area contributed by atoms with Crippen molar-refractivity contribution in [2.75, 3.05) is 31.2 Å². The molecule has 11 heavy (non-hydrogen) atoms. The molecule has 0 aliphatic carbocycles. The van der Waals surface area contributed by atoms with Crippen LogP contribution >= 0.6 is 11.8 Å². The van der Waals surface area contributed by atoms with Gasteiger partial charge < -0.3 is 10.1 Å². The third-order valence-corrected chi connectivity index (χ3v) is 3.73. The van der Waals surface area contributed by atoms with Crippen LogP contribution in [0.25, 0.3) is 0 Å². The molecule has 2 fully saturated rings. The van der Waals surface area contributed by atoms with E-state index in [0.717, 1.165) is 19.7 Å². The predicted molar refractivity (Wildman–Crippen MR) is 48.1 cm³/mol. The summed E-state index contributed by atoms with van der Waals surface area (Å²) < 4.78 is 5.87. The SMILES string of the molecule is C1COC2(CCN1)CCSC2. The molecule has 2 aliphatic rings. The van der Waals surface area contributed by atoms with Crippen molar-refractivity contribution in [2.45, 2.75) is 18.4 Å². The minimum Gasteiger partial charge on any atom is -0.373 e. The quantitative estimate of drug-likeness (QED) is 0.587. The van der Waals surface area contributed by atoms with Gasteiger partial charge in [0, 0.05) is 12.3 Å². The van der Waals surface area contributed by atoms with Gasteiger partial charge in [-0.3, -0.25) is 0 Å². The molecule has 1 atom stereocenters. The molecular weight excluding hydrogens is 158 g/mol. The van der Waals surface area contributed by atoms with Crippen molar-refractivity contribution in [3.8, 4) is 0 Å². The molecule has 2 heterocycles. The van der Waals surface area contributed by atoms with Crippen LogP contribution in [-0.2, 0) is 4.74 Å². The van der Waals surface area contributed by atoms with Gasteiger partial charge >= 0.3 is 0 Å². The number of hydrogen-bond acceptors (Lipinski definition) is 3. The molecule has 0 bridgehead atoms. The van der Waals surface area contributed by atoms with Crippen molar-refractivity contribution in [3.63, 3.8) is 0 Å². The second kappa shape index (κ2) is 3.33. The average molecular weight is 173 g/mol. The van der Waals surface area contributed by atoms with E-state index in [2.05, 4.69) is 5.32 Å². The summed E-state index contributed by atoms with van der Waals surface area (Å²) in [6.45, 7) is 3.08. The number of thioether (sulfide) groups is 1. The van der Waals surface area contributed by atoms with Crippen LogP contribution in [0.2, 0.25) is 0 Å².